The van der Waals surface area contributed by atoms with Crippen LogP contribution in [0.1, 0.15) is 48.8 Å². The van der Waals surface area contributed by atoms with E-state index in [0.29, 0.717) is 23.1 Å². The summed E-state index contributed by atoms with van der Waals surface area (Å²) in [7, 11) is 0. The van der Waals surface area contributed by atoms with Gasteiger partial charge in [-0.25, -0.2) is 9.36 Å². The van der Waals surface area contributed by atoms with Gasteiger partial charge in [0, 0.05) is 6.04 Å². The summed E-state index contributed by atoms with van der Waals surface area (Å²) in [5.41, 5.74) is 3.32. The molecule has 1 saturated carbocycles. The van der Waals surface area contributed by atoms with E-state index in [1.165, 1.54) is 23.8 Å². The van der Waals surface area contributed by atoms with Crippen molar-refractivity contribution in [3.63, 3.8) is 0 Å². The van der Waals surface area contributed by atoms with E-state index in [2.05, 4.69) is 5.32 Å². The highest BCUT2D eigenvalue weighted by Crippen LogP contribution is 2.18. The van der Waals surface area contributed by atoms with Crippen molar-refractivity contribution >= 4 is 16.8 Å². The first-order valence-electron chi connectivity index (χ1n) is 12.7. The molecule has 36 heavy (non-hydrogen) atoms. The zero-order chi connectivity index (χ0) is 25.1. The minimum atomic E-state index is -0.386. The number of rotatable bonds is 6. The first-order valence-corrected chi connectivity index (χ1v) is 12.7. The van der Waals surface area contributed by atoms with Gasteiger partial charge in [-0.2, -0.15) is 0 Å². The fourth-order valence-corrected chi connectivity index (χ4v) is 5.17. The SMILES string of the molecule is Cc1cccc(Cn2c(=O)n(-c3ccc(CC(=O)NC4CCCCC4)cc3)c(=O)c3ccccc32)c1. The molecule has 5 rings (SSSR count). The molecule has 4 aromatic rings. The molecule has 0 aliphatic heterocycles. The molecule has 1 aliphatic rings. The van der Waals surface area contributed by atoms with Gasteiger partial charge in [0.1, 0.15) is 0 Å². The molecule has 0 saturated heterocycles. The van der Waals surface area contributed by atoms with Crippen molar-refractivity contribution in [1.82, 2.24) is 14.5 Å². The third-order valence-corrected chi connectivity index (χ3v) is 7.00. The molecule has 1 aromatic heterocycles. The van der Waals surface area contributed by atoms with Crippen LogP contribution in [0, 0.1) is 6.92 Å². The van der Waals surface area contributed by atoms with Gasteiger partial charge in [0.25, 0.3) is 5.56 Å². The Balaban J connectivity index is 1.46. The molecule has 0 unspecified atom stereocenters. The molecule has 1 heterocycles. The predicted octanol–water partition coefficient (Wildman–Crippen LogP) is 4.50. The topological polar surface area (TPSA) is 73.1 Å². The summed E-state index contributed by atoms with van der Waals surface area (Å²) in [5.74, 6) is 0.0121. The molecule has 0 bridgehead atoms. The van der Waals surface area contributed by atoms with E-state index >= 15 is 0 Å². The Kier molecular flexibility index (Phi) is 6.85. The molecule has 0 radical (unpaired) electrons. The standard InChI is InChI=1S/C30H31N3O3/c1-21-8-7-9-23(18-21)20-32-27-13-6-5-12-26(27)29(35)33(30(32)36)25-16-14-22(15-17-25)19-28(34)31-24-10-3-2-4-11-24/h5-9,12-18,24H,2-4,10-11,19-20H2,1H3,(H,31,34). The lowest BCUT2D eigenvalue weighted by molar-refractivity contribution is -0.121. The summed E-state index contributed by atoms with van der Waals surface area (Å²) in [6.45, 7) is 2.38. The van der Waals surface area contributed by atoms with Crippen LogP contribution in [0.15, 0.2) is 82.4 Å². The molecule has 0 atom stereocenters. The minimum absolute atomic E-state index is 0.0121. The van der Waals surface area contributed by atoms with Crippen LogP contribution in [0.5, 0.6) is 0 Å². The average Bonchev–Trinajstić information content (AvgIpc) is 2.88. The lowest BCUT2D eigenvalue weighted by atomic mass is 9.95. The third-order valence-electron chi connectivity index (χ3n) is 7.00. The summed E-state index contributed by atoms with van der Waals surface area (Å²) in [6.07, 6.45) is 5.95. The Morgan fingerprint density at radius 3 is 2.39 bits per heavy atom. The van der Waals surface area contributed by atoms with Crippen LogP contribution in [-0.4, -0.2) is 21.1 Å². The van der Waals surface area contributed by atoms with E-state index in [-0.39, 0.29) is 29.6 Å². The molecule has 6 heteroatoms. The molecular formula is C30H31N3O3. The highest BCUT2D eigenvalue weighted by Gasteiger charge is 2.17. The van der Waals surface area contributed by atoms with Gasteiger partial charge >= 0.3 is 5.69 Å². The van der Waals surface area contributed by atoms with Crippen molar-refractivity contribution < 1.29 is 4.79 Å². The Morgan fingerprint density at radius 2 is 1.64 bits per heavy atom. The number of benzene rings is 3. The zero-order valence-corrected chi connectivity index (χ0v) is 20.6. The van der Waals surface area contributed by atoms with Gasteiger partial charge in [0.05, 0.1) is 29.6 Å². The minimum Gasteiger partial charge on any atom is -0.353 e. The number of para-hydroxylation sites is 1. The second-order valence-corrected chi connectivity index (χ2v) is 9.76. The van der Waals surface area contributed by atoms with Crippen molar-refractivity contribution in [3.05, 3.63) is 110 Å². The highest BCUT2D eigenvalue weighted by molar-refractivity contribution is 5.79. The number of aryl methyl sites for hydroxylation is 1. The number of hydrogen-bond acceptors (Lipinski definition) is 3. The number of nitrogens with one attached hydrogen (secondary N) is 1. The summed E-state index contributed by atoms with van der Waals surface area (Å²) in [6, 6.07) is 22.6. The van der Waals surface area contributed by atoms with E-state index in [9.17, 15) is 14.4 Å². The molecule has 3 aromatic carbocycles. The van der Waals surface area contributed by atoms with E-state index < -0.39 is 0 Å². The smallest absolute Gasteiger partial charge is 0.336 e. The third kappa shape index (κ3) is 5.03. The van der Waals surface area contributed by atoms with E-state index in [1.807, 2.05) is 61.5 Å². The maximum absolute atomic E-state index is 13.6. The van der Waals surface area contributed by atoms with Crippen molar-refractivity contribution in [3.8, 4) is 5.69 Å². The van der Waals surface area contributed by atoms with Crippen LogP contribution < -0.4 is 16.6 Å². The van der Waals surface area contributed by atoms with Crippen LogP contribution >= 0.6 is 0 Å². The van der Waals surface area contributed by atoms with Gasteiger partial charge in [0.15, 0.2) is 0 Å². The fraction of sp³-hybridized carbons (Fsp3) is 0.300. The largest absolute Gasteiger partial charge is 0.353 e. The molecular weight excluding hydrogens is 450 g/mol. The van der Waals surface area contributed by atoms with Crippen LogP contribution in [0.4, 0.5) is 0 Å². The number of amides is 1. The molecule has 184 valence electrons. The maximum atomic E-state index is 13.6. The van der Waals surface area contributed by atoms with E-state index in [4.69, 9.17) is 0 Å². The fourth-order valence-electron chi connectivity index (χ4n) is 5.17. The number of aromatic nitrogens is 2. The maximum Gasteiger partial charge on any atom is 0.336 e. The lowest BCUT2D eigenvalue weighted by Gasteiger charge is -2.22. The van der Waals surface area contributed by atoms with Crippen molar-refractivity contribution in [2.24, 2.45) is 0 Å². The second kappa shape index (κ2) is 10.4. The van der Waals surface area contributed by atoms with Gasteiger partial charge in [-0.1, -0.05) is 73.4 Å². The molecule has 1 aliphatic carbocycles. The quantitative estimate of drug-likeness (QED) is 0.441. The summed E-state index contributed by atoms with van der Waals surface area (Å²) in [5, 5.41) is 3.63. The molecule has 1 amide bonds. The van der Waals surface area contributed by atoms with Crippen molar-refractivity contribution in [2.75, 3.05) is 0 Å². The Hall–Kier alpha value is -3.93. The van der Waals surface area contributed by atoms with E-state index in [0.717, 1.165) is 29.5 Å². The van der Waals surface area contributed by atoms with Gasteiger partial charge < -0.3 is 5.32 Å². The molecule has 1 fully saturated rings. The number of nitrogens with zero attached hydrogens (tertiary/aromatic N) is 2. The first kappa shape index (κ1) is 23.8. The van der Waals surface area contributed by atoms with Gasteiger partial charge in [-0.15, -0.1) is 0 Å². The average molecular weight is 482 g/mol. The summed E-state index contributed by atoms with van der Waals surface area (Å²) in [4.78, 5) is 39.5. The lowest BCUT2D eigenvalue weighted by Crippen LogP contribution is -2.39. The number of fused-ring (bicyclic) bond motifs is 1. The summed E-state index contributed by atoms with van der Waals surface area (Å²) >= 11 is 0. The van der Waals surface area contributed by atoms with Gasteiger partial charge in [-0.05, 0) is 55.2 Å². The number of carbonyl (C=O) groups excluding carboxylic acids is 1. The van der Waals surface area contributed by atoms with Crippen molar-refractivity contribution in [2.45, 2.75) is 58.0 Å². The second-order valence-electron chi connectivity index (χ2n) is 9.76. The van der Waals surface area contributed by atoms with Gasteiger partial charge in [-0.3, -0.25) is 14.2 Å². The van der Waals surface area contributed by atoms with Gasteiger partial charge in [0.2, 0.25) is 5.91 Å². The highest BCUT2D eigenvalue weighted by atomic mass is 16.2. The first-order chi connectivity index (χ1) is 17.5. The Morgan fingerprint density at radius 1 is 0.889 bits per heavy atom. The predicted molar refractivity (Wildman–Crippen MR) is 143 cm³/mol. The van der Waals surface area contributed by atoms with Crippen molar-refractivity contribution in [1.29, 1.82) is 0 Å². The van der Waals surface area contributed by atoms with Crippen LogP contribution in [-0.2, 0) is 17.8 Å². The monoisotopic (exact) mass is 481 g/mol. The van der Waals surface area contributed by atoms with Crippen LogP contribution in [0.2, 0.25) is 0 Å². The molecule has 1 N–H and O–H groups in total. The van der Waals surface area contributed by atoms with Crippen LogP contribution in [0.25, 0.3) is 16.6 Å². The number of hydrogen-bond donors (Lipinski definition) is 1. The van der Waals surface area contributed by atoms with Crippen LogP contribution in [0.3, 0.4) is 0 Å². The van der Waals surface area contributed by atoms with E-state index in [1.54, 1.807) is 22.8 Å². The molecule has 6 nitrogen and oxygen atoms in total. The molecule has 0 spiro atoms. The summed E-state index contributed by atoms with van der Waals surface area (Å²) < 4.78 is 2.88. The normalized spacial score (nSPS) is 14.1. The Bertz CT molecular complexity index is 1510. The Labute approximate surface area is 210 Å². The zero-order valence-electron chi connectivity index (χ0n) is 20.6. The number of carbonyl (C=O) groups is 1.